The van der Waals surface area contributed by atoms with Gasteiger partial charge in [-0.25, -0.2) is 4.79 Å². The lowest BCUT2D eigenvalue weighted by Crippen LogP contribution is -2.33. The number of anilines is 1. The Hall–Kier alpha value is -2.77. The number of benzene rings is 1. The summed E-state index contributed by atoms with van der Waals surface area (Å²) >= 11 is 0. The Kier molecular flexibility index (Phi) is 6.73. The van der Waals surface area contributed by atoms with Crippen molar-refractivity contribution in [3.63, 3.8) is 0 Å². The predicted octanol–water partition coefficient (Wildman–Crippen LogP) is 3.84. The van der Waals surface area contributed by atoms with Gasteiger partial charge in [0.25, 0.3) is 0 Å². The van der Waals surface area contributed by atoms with Gasteiger partial charge in [-0.15, -0.1) is 0 Å². The number of hydrogen-bond acceptors (Lipinski definition) is 6. The van der Waals surface area contributed by atoms with Crippen molar-refractivity contribution in [3.05, 3.63) is 29.9 Å². The lowest BCUT2D eigenvalue weighted by molar-refractivity contribution is 0.222. The van der Waals surface area contributed by atoms with E-state index in [1.54, 1.807) is 44.4 Å². The Balaban J connectivity index is 1.52. The topological polar surface area (TPSA) is 89.7 Å². The normalized spacial score (nSPS) is 14.5. The molecule has 152 valence electrons. The van der Waals surface area contributed by atoms with Gasteiger partial charge in [-0.05, 0) is 12.8 Å². The lowest BCUT2D eigenvalue weighted by Gasteiger charge is -2.18. The average Bonchev–Trinajstić information content (AvgIpc) is 3.21. The molecule has 1 aliphatic carbocycles. The van der Waals surface area contributed by atoms with Gasteiger partial charge in [0.1, 0.15) is 11.5 Å². The van der Waals surface area contributed by atoms with E-state index in [0.29, 0.717) is 41.9 Å². The summed E-state index contributed by atoms with van der Waals surface area (Å²) in [5, 5.41) is 6.92. The molecule has 3 rings (SSSR count). The van der Waals surface area contributed by atoms with Crippen molar-refractivity contribution in [2.45, 2.75) is 44.4 Å². The number of ether oxygens (including phenoxy) is 2. The van der Waals surface area contributed by atoms with E-state index >= 15 is 0 Å². The Morgan fingerprint density at radius 1 is 1.18 bits per heavy atom. The SMILES string of the molecule is COc1cc(NC(=O)N(C)CCc2noc(C3CCCCC3)n2)cc(OC)c1. The van der Waals surface area contributed by atoms with Gasteiger partial charge < -0.3 is 24.2 Å². The van der Waals surface area contributed by atoms with Crippen LogP contribution < -0.4 is 14.8 Å². The average molecular weight is 388 g/mol. The molecule has 0 unspecified atom stereocenters. The van der Waals surface area contributed by atoms with Crippen LogP contribution in [0.3, 0.4) is 0 Å². The van der Waals surface area contributed by atoms with Gasteiger partial charge in [0.05, 0.1) is 14.2 Å². The van der Waals surface area contributed by atoms with E-state index in [9.17, 15) is 4.79 Å². The fourth-order valence-corrected chi connectivity index (χ4v) is 3.35. The van der Waals surface area contributed by atoms with Crippen LogP contribution >= 0.6 is 0 Å². The number of rotatable bonds is 7. The predicted molar refractivity (Wildman–Crippen MR) is 105 cm³/mol. The fraction of sp³-hybridized carbons (Fsp3) is 0.550. The third-order valence-electron chi connectivity index (χ3n) is 5.06. The molecule has 2 amide bonds. The molecule has 1 aromatic heterocycles. The maximum absolute atomic E-state index is 12.5. The molecule has 0 bridgehead atoms. The van der Waals surface area contributed by atoms with Gasteiger partial charge >= 0.3 is 6.03 Å². The van der Waals surface area contributed by atoms with Gasteiger partial charge in [0.2, 0.25) is 5.89 Å². The third-order valence-corrected chi connectivity index (χ3v) is 5.06. The zero-order chi connectivity index (χ0) is 19.9. The van der Waals surface area contributed by atoms with E-state index < -0.39 is 0 Å². The zero-order valence-corrected chi connectivity index (χ0v) is 16.7. The Morgan fingerprint density at radius 3 is 2.50 bits per heavy atom. The molecular formula is C20H28N4O4. The second-order valence-electron chi connectivity index (χ2n) is 7.09. The summed E-state index contributed by atoms with van der Waals surface area (Å²) in [6.07, 6.45) is 6.51. The third kappa shape index (κ3) is 5.15. The summed E-state index contributed by atoms with van der Waals surface area (Å²) in [5.74, 6) is 2.99. The first-order valence-electron chi connectivity index (χ1n) is 9.66. The molecule has 1 heterocycles. The number of carbonyl (C=O) groups is 1. The minimum absolute atomic E-state index is 0.230. The van der Waals surface area contributed by atoms with E-state index in [1.165, 1.54) is 19.3 Å². The van der Waals surface area contributed by atoms with Crippen molar-refractivity contribution in [1.29, 1.82) is 0 Å². The highest BCUT2D eigenvalue weighted by molar-refractivity contribution is 5.89. The number of likely N-dealkylation sites (N-methyl/N-ethyl adjacent to an activating group) is 1. The Morgan fingerprint density at radius 2 is 1.86 bits per heavy atom. The van der Waals surface area contributed by atoms with Gasteiger partial charge in [-0.3, -0.25) is 0 Å². The van der Waals surface area contributed by atoms with Crippen molar-refractivity contribution >= 4 is 11.7 Å². The summed E-state index contributed by atoms with van der Waals surface area (Å²) in [4.78, 5) is 18.6. The molecular weight excluding hydrogens is 360 g/mol. The highest BCUT2D eigenvalue weighted by Crippen LogP contribution is 2.31. The molecule has 1 N–H and O–H groups in total. The molecule has 2 aromatic rings. The van der Waals surface area contributed by atoms with E-state index in [1.807, 2.05) is 0 Å². The van der Waals surface area contributed by atoms with Gasteiger partial charge in [-0.2, -0.15) is 4.98 Å². The number of amides is 2. The number of carbonyl (C=O) groups excluding carboxylic acids is 1. The molecule has 1 fully saturated rings. The molecule has 0 atom stereocenters. The summed E-state index contributed by atoms with van der Waals surface area (Å²) in [5.41, 5.74) is 0.604. The van der Waals surface area contributed by atoms with E-state index in [2.05, 4.69) is 15.5 Å². The highest BCUT2D eigenvalue weighted by Gasteiger charge is 2.21. The minimum atomic E-state index is -0.230. The molecule has 0 radical (unpaired) electrons. The summed E-state index contributed by atoms with van der Waals surface area (Å²) in [7, 11) is 4.87. The van der Waals surface area contributed by atoms with Crippen LogP contribution in [0.5, 0.6) is 11.5 Å². The summed E-state index contributed by atoms with van der Waals surface area (Å²) in [6.45, 7) is 0.483. The maximum Gasteiger partial charge on any atom is 0.321 e. The fourth-order valence-electron chi connectivity index (χ4n) is 3.35. The van der Waals surface area contributed by atoms with Crippen LogP contribution in [0, 0.1) is 0 Å². The molecule has 1 aliphatic rings. The molecule has 8 heteroatoms. The van der Waals surface area contributed by atoms with Crippen molar-refractivity contribution in [1.82, 2.24) is 15.0 Å². The zero-order valence-electron chi connectivity index (χ0n) is 16.7. The first kappa shape index (κ1) is 20.0. The summed E-state index contributed by atoms with van der Waals surface area (Å²) < 4.78 is 15.9. The highest BCUT2D eigenvalue weighted by atomic mass is 16.5. The van der Waals surface area contributed by atoms with Crippen molar-refractivity contribution < 1.29 is 18.8 Å². The van der Waals surface area contributed by atoms with Gasteiger partial charge in [0.15, 0.2) is 5.82 Å². The van der Waals surface area contributed by atoms with Crippen LogP contribution in [0.4, 0.5) is 10.5 Å². The van der Waals surface area contributed by atoms with Crippen molar-refractivity contribution in [2.75, 3.05) is 33.1 Å². The molecule has 28 heavy (non-hydrogen) atoms. The largest absolute Gasteiger partial charge is 0.497 e. The molecule has 1 aromatic carbocycles. The second kappa shape index (κ2) is 9.43. The molecule has 0 saturated heterocycles. The standard InChI is InChI=1S/C20H28N4O4/c1-24(20(25)21-15-11-16(26-2)13-17(12-15)27-3)10-9-18-22-19(28-23-18)14-7-5-4-6-8-14/h11-14H,4-10H2,1-3H3,(H,21,25). The van der Waals surface area contributed by atoms with E-state index in [4.69, 9.17) is 14.0 Å². The molecule has 0 spiro atoms. The molecule has 1 saturated carbocycles. The first-order chi connectivity index (χ1) is 13.6. The second-order valence-corrected chi connectivity index (χ2v) is 7.09. The van der Waals surface area contributed by atoms with E-state index in [0.717, 1.165) is 18.7 Å². The van der Waals surface area contributed by atoms with Crippen LogP contribution in [0.15, 0.2) is 22.7 Å². The molecule has 8 nitrogen and oxygen atoms in total. The van der Waals surface area contributed by atoms with Gasteiger partial charge in [0, 0.05) is 49.8 Å². The van der Waals surface area contributed by atoms with Crippen molar-refractivity contribution in [3.8, 4) is 11.5 Å². The first-order valence-corrected chi connectivity index (χ1v) is 9.66. The summed E-state index contributed by atoms with van der Waals surface area (Å²) in [6, 6.07) is 5.00. The van der Waals surface area contributed by atoms with Crippen LogP contribution in [0.2, 0.25) is 0 Å². The Labute approximate surface area is 165 Å². The number of aromatic nitrogens is 2. The van der Waals surface area contributed by atoms with Crippen LogP contribution in [0.1, 0.15) is 49.7 Å². The monoisotopic (exact) mass is 388 g/mol. The van der Waals surface area contributed by atoms with E-state index in [-0.39, 0.29) is 6.03 Å². The van der Waals surface area contributed by atoms with Crippen LogP contribution in [-0.4, -0.2) is 48.9 Å². The molecule has 0 aliphatic heterocycles. The number of nitrogens with one attached hydrogen (secondary N) is 1. The van der Waals surface area contributed by atoms with Crippen LogP contribution in [0.25, 0.3) is 0 Å². The van der Waals surface area contributed by atoms with Crippen LogP contribution in [-0.2, 0) is 6.42 Å². The minimum Gasteiger partial charge on any atom is -0.497 e. The number of nitrogens with zero attached hydrogens (tertiary/aromatic N) is 3. The number of hydrogen-bond donors (Lipinski definition) is 1. The Bertz CT molecular complexity index is 764. The maximum atomic E-state index is 12.5. The van der Waals surface area contributed by atoms with Crippen molar-refractivity contribution in [2.24, 2.45) is 0 Å². The van der Waals surface area contributed by atoms with Gasteiger partial charge in [-0.1, -0.05) is 24.4 Å². The lowest BCUT2D eigenvalue weighted by atomic mass is 9.89. The quantitative estimate of drug-likeness (QED) is 0.775. The number of urea groups is 1. The smallest absolute Gasteiger partial charge is 0.321 e. The number of methoxy groups -OCH3 is 2.